The second-order valence-electron chi connectivity index (χ2n) is 4.89. The summed E-state index contributed by atoms with van der Waals surface area (Å²) in [5, 5.41) is 0.553. The van der Waals surface area contributed by atoms with E-state index in [2.05, 4.69) is 9.97 Å². The fraction of sp³-hybridized carbons (Fsp3) is 0.375. The molecule has 3 rings (SSSR count). The number of nitrogens with zero attached hydrogens (tertiary/aromatic N) is 2. The van der Waals surface area contributed by atoms with Crippen molar-refractivity contribution >= 4 is 11.6 Å². The molecule has 0 spiro atoms. The summed E-state index contributed by atoms with van der Waals surface area (Å²) in [5.74, 6) is 1.94. The first kappa shape index (κ1) is 14.1. The van der Waals surface area contributed by atoms with Crippen LogP contribution in [0.4, 0.5) is 0 Å². The quantitative estimate of drug-likeness (QED) is 0.808. The fourth-order valence-electron chi connectivity index (χ4n) is 2.65. The van der Waals surface area contributed by atoms with E-state index in [1.54, 1.807) is 7.11 Å². The van der Waals surface area contributed by atoms with E-state index in [0.717, 1.165) is 36.1 Å². The van der Waals surface area contributed by atoms with Crippen LogP contribution in [-0.4, -0.2) is 23.7 Å². The lowest BCUT2D eigenvalue weighted by molar-refractivity contribution is 0.312. The standard InChI is InChI=1S/C16H17ClN2O2/c1-3-21-14-11(7-5-9-13(14)20-2)16-18-12-8-4-6-10(12)15(17)19-16/h5,7,9H,3-4,6,8H2,1-2H3. The number of hydrogen-bond donors (Lipinski definition) is 0. The predicted molar refractivity (Wildman–Crippen MR) is 82.2 cm³/mol. The molecule has 1 aliphatic rings. The number of rotatable bonds is 4. The van der Waals surface area contributed by atoms with Gasteiger partial charge in [-0.05, 0) is 38.3 Å². The zero-order chi connectivity index (χ0) is 14.8. The van der Waals surface area contributed by atoms with Gasteiger partial charge in [0.2, 0.25) is 0 Å². The molecule has 0 atom stereocenters. The van der Waals surface area contributed by atoms with E-state index in [0.29, 0.717) is 29.1 Å². The first-order chi connectivity index (χ1) is 10.2. The van der Waals surface area contributed by atoms with Crippen molar-refractivity contribution in [1.82, 2.24) is 9.97 Å². The number of ether oxygens (including phenoxy) is 2. The zero-order valence-electron chi connectivity index (χ0n) is 12.1. The molecular formula is C16H17ClN2O2. The van der Waals surface area contributed by atoms with Crippen molar-refractivity contribution in [2.75, 3.05) is 13.7 Å². The highest BCUT2D eigenvalue weighted by atomic mass is 35.5. The van der Waals surface area contributed by atoms with Crippen LogP contribution in [0.5, 0.6) is 11.5 Å². The van der Waals surface area contributed by atoms with Crippen molar-refractivity contribution < 1.29 is 9.47 Å². The third-order valence-corrected chi connectivity index (χ3v) is 3.92. The van der Waals surface area contributed by atoms with Gasteiger partial charge in [-0.1, -0.05) is 17.7 Å². The summed E-state index contributed by atoms with van der Waals surface area (Å²) >= 11 is 6.30. The third-order valence-electron chi connectivity index (χ3n) is 3.61. The number of hydrogen-bond acceptors (Lipinski definition) is 4. The van der Waals surface area contributed by atoms with Crippen LogP contribution in [0, 0.1) is 0 Å². The van der Waals surface area contributed by atoms with Gasteiger partial charge in [-0.3, -0.25) is 0 Å². The first-order valence-corrected chi connectivity index (χ1v) is 7.47. The molecule has 5 heteroatoms. The minimum atomic E-state index is 0.548. The summed E-state index contributed by atoms with van der Waals surface area (Å²) in [7, 11) is 1.62. The lowest BCUT2D eigenvalue weighted by Gasteiger charge is -2.14. The summed E-state index contributed by atoms with van der Waals surface area (Å²) in [5.41, 5.74) is 2.95. The number of aryl methyl sites for hydroxylation is 1. The molecule has 0 unspecified atom stereocenters. The monoisotopic (exact) mass is 304 g/mol. The molecule has 110 valence electrons. The van der Waals surface area contributed by atoms with Crippen molar-refractivity contribution in [3.8, 4) is 22.9 Å². The molecule has 0 bridgehead atoms. The van der Waals surface area contributed by atoms with E-state index in [9.17, 15) is 0 Å². The van der Waals surface area contributed by atoms with E-state index >= 15 is 0 Å². The van der Waals surface area contributed by atoms with Gasteiger partial charge in [0.1, 0.15) is 5.15 Å². The van der Waals surface area contributed by atoms with E-state index < -0.39 is 0 Å². The smallest absolute Gasteiger partial charge is 0.172 e. The normalized spacial score (nSPS) is 13.1. The molecule has 1 aromatic heterocycles. The number of fused-ring (bicyclic) bond motifs is 1. The number of aromatic nitrogens is 2. The molecule has 0 N–H and O–H groups in total. The van der Waals surface area contributed by atoms with Crippen LogP contribution in [0.25, 0.3) is 11.4 Å². The maximum Gasteiger partial charge on any atom is 0.172 e. The largest absolute Gasteiger partial charge is 0.493 e. The first-order valence-electron chi connectivity index (χ1n) is 7.10. The maximum atomic E-state index is 6.30. The lowest BCUT2D eigenvalue weighted by atomic mass is 10.1. The molecule has 2 aromatic rings. The zero-order valence-corrected chi connectivity index (χ0v) is 12.9. The molecule has 0 aliphatic heterocycles. The molecule has 1 aromatic carbocycles. The van der Waals surface area contributed by atoms with E-state index in [4.69, 9.17) is 21.1 Å². The Morgan fingerprint density at radius 3 is 2.86 bits per heavy atom. The minimum absolute atomic E-state index is 0.548. The molecule has 0 fully saturated rings. The van der Waals surface area contributed by atoms with Gasteiger partial charge in [0, 0.05) is 11.3 Å². The van der Waals surface area contributed by atoms with Crippen LogP contribution in [0.1, 0.15) is 24.6 Å². The van der Waals surface area contributed by atoms with Gasteiger partial charge in [0.15, 0.2) is 17.3 Å². The van der Waals surface area contributed by atoms with Gasteiger partial charge in [0.25, 0.3) is 0 Å². The fourth-order valence-corrected chi connectivity index (χ4v) is 2.94. The highest BCUT2D eigenvalue weighted by molar-refractivity contribution is 6.30. The predicted octanol–water partition coefficient (Wildman–Crippen LogP) is 3.69. The topological polar surface area (TPSA) is 44.2 Å². The molecule has 1 heterocycles. The summed E-state index contributed by atoms with van der Waals surface area (Å²) in [6, 6.07) is 5.70. The van der Waals surface area contributed by atoms with Gasteiger partial charge in [-0.15, -0.1) is 0 Å². The molecule has 0 amide bonds. The number of halogens is 1. The molecule has 0 radical (unpaired) electrons. The average Bonchev–Trinajstić information content (AvgIpc) is 2.96. The number of methoxy groups -OCH3 is 1. The van der Waals surface area contributed by atoms with Gasteiger partial charge in [-0.2, -0.15) is 0 Å². The highest BCUT2D eigenvalue weighted by Gasteiger charge is 2.21. The Bertz CT molecular complexity index is 674. The summed E-state index contributed by atoms with van der Waals surface area (Å²) in [6.45, 7) is 2.48. The maximum absolute atomic E-state index is 6.30. The second-order valence-corrected chi connectivity index (χ2v) is 5.24. The SMILES string of the molecule is CCOc1c(OC)cccc1-c1nc(Cl)c2c(n1)CCC2. The molecule has 0 saturated heterocycles. The van der Waals surface area contributed by atoms with Gasteiger partial charge < -0.3 is 9.47 Å². The highest BCUT2D eigenvalue weighted by Crippen LogP contribution is 2.38. The Morgan fingerprint density at radius 1 is 1.24 bits per heavy atom. The van der Waals surface area contributed by atoms with E-state index in [1.165, 1.54) is 0 Å². The van der Waals surface area contributed by atoms with Crippen molar-refractivity contribution in [2.45, 2.75) is 26.2 Å². The van der Waals surface area contributed by atoms with Crippen LogP contribution >= 0.6 is 11.6 Å². The van der Waals surface area contributed by atoms with E-state index in [1.807, 2.05) is 25.1 Å². The van der Waals surface area contributed by atoms with Crippen LogP contribution in [-0.2, 0) is 12.8 Å². The molecular weight excluding hydrogens is 288 g/mol. The molecule has 1 aliphatic carbocycles. The Morgan fingerprint density at radius 2 is 2.10 bits per heavy atom. The minimum Gasteiger partial charge on any atom is -0.493 e. The van der Waals surface area contributed by atoms with E-state index in [-0.39, 0.29) is 0 Å². The van der Waals surface area contributed by atoms with Crippen molar-refractivity contribution in [3.63, 3.8) is 0 Å². The van der Waals surface area contributed by atoms with Crippen LogP contribution in [0.3, 0.4) is 0 Å². The van der Waals surface area contributed by atoms with Gasteiger partial charge >= 0.3 is 0 Å². The third kappa shape index (κ3) is 2.56. The Hall–Kier alpha value is -1.81. The van der Waals surface area contributed by atoms with Gasteiger partial charge in [-0.25, -0.2) is 9.97 Å². The Labute approximate surface area is 129 Å². The van der Waals surface area contributed by atoms with Crippen molar-refractivity contribution in [2.24, 2.45) is 0 Å². The van der Waals surface area contributed by atoms with Crippen molar-refractivity contribution in [3.05, 3.63) is 34.6 Å². The second kappa shape index (κ2) is 5.90. The van der Waals surface area contributed by atoms with Crippen LogP contribution < -0.4 is 9.47 Å². The van der Waals surface area contributed by atoms with Crippen molar-refractivity contribution in [1.29, 1.82) is 0 Å². The Balaban J connectivity index is 2.14. The van der Waals surface area contributed by atoms with Crippen LogP contribution in [0.15, 0.2) is 18.2 Å². The number of benzene rings is 1. The van der Waals surface area contributed by atoms with Crippen LogP contribution in [0.2, 0.25) is 5.15 Å². The molecule has 0 saturated carbocycles. The number of para-hydroxylation sites is 1. The average molecular weight is 305 g/mol. The van der Waals surface area contributed by atoms with Gasteiger partial charge in [0.05, 0.1) is 19.3 Å². The summed E-state index contributed by atoms with van der Waals surface area (Å²) in [4.78, 5) is 9.12. The Kier molecular flexibility index (Phi) is 3.97. The molecule has 21 heavy (non-hydrogen) atoms. The lowest BCUT2D eigenvalue weighted by Crippen LogP contribution is -2.02. The summed E-state index contributed by atoms with van der Waals surface area (Å²) < 4.78 is 11.1. The molecule has 4 nitrogen and oxygen atoms in total. The summed E-state index contributed by atoms with van der Waals surface area (Å²) in [6.07, 6.45) is 3.01.